The Kier molecular flexibility index (Phi) is 4.20. The molecule has 3 aromatic rings. The van der Waals surface area contributed by atoms with Gasteiger partial charge < -0.3 is 9.73 Å². The average Bonchev–Trinajstić information content (AvgIpc) is 2.87. The van der Waals surface area contributed by atoms with Crippen molar-refractivity contribution in [3.8, 4) is 0 Å². The summed E-state index contributed by atoms with van der Waals surface area (Å²) in [5.74, 6) is 0.898. The van der Waals surface area contributed by atoms with Crippen molar-refractivity contribution >= 4 is 34.2 Å². The van der Waals surface area contributed by atoms with E-state index < -0.39 is 0 Å². The Morgan fingerprint density at radius 1 is 1.05 bits per heavy atom. The van der Waals surface area contributed by atoms with Gasteiger partial charge in [0.25, 0.3) is 0 Å². The third-order valence-electron chi connectivity index (χ3n) is 3.52. The monoisotopic (exact) mass is 319 g/mol. The van der Waals surface area contributed by atoms with Gasteiger partial charge in [-0.3, -0.25) is 0 Å². The Hall–Kier alpha value is -1.48. The molecule has 0 aliphatic carbocycles. The van der Waals surface area contributed by atoms with Gasteiger partial charge in [-0.15, -0.1) is 0 Å². The van der Waals surface area contributed by atoms with Crippen molar-refractivity contribution in [1.82, 2.24) is 5.32 Å². The van der Waals surface area contributed by atoms with E-state index in [1.165, 1.54) is 5.56 Å². The minimum absolute atomic E-state index is 0.0923. The Bertz CT molecular complexity index is 766. The van der Waals surface area contributed by atoms with E-state index in [9.17, 15) is 0 Å². The first-order valence-corrected chi connectivity index (χ1v) is 7.52. The van der Waals surface area contributed by atoms with Crippen molar-refractivity contribution in [3.63, 3.8) is 0 Å². The normalized spacial score (nSPS) is 12.7. The summed E-state index contributed by atoms with van der Waals surface area (Å²) in [6, 6.07) is 15.7. The van der Waals surface area contributed by atoms with E-state index in [1.54, 1.807) is 0 Å². The number of halogens is 2. The molecule has 0 saturated carbocycles. The van der Waals surface area contributed by atoms with Crippen LogP contribution in [0.4, 0.5) is 0 Å². The van der Waals surface area contributed by atoms with Crippen molar-refractivity contribution in [1.29, 1.82) is 0 Å². The van der Waals surface area contributed by atoms with Crippen LogP contribution in [0, 0.1) is 0 Å². The number of benzene rings is 2. The summed E-state index contributed by atoms with van der Waals surface area (Å²) < 4.78 is 5.92. The van der Waals surface area contributed by atoms with Gasteiger partial charge in [-0.05, 0) is 55.4 Å². The number of hydrogen-bond donors (Lipinski definition) is 1. The molecule has 0 fully saturated rings. The zero-order chi connectivity index (χ0) is 14.8. The first-order chi connectivity index (χ1) is 10.2. The molecule has 4 heteroatoms. The summed E-state index contributed by atoms with van der Waals surface area (Å²) >= 11 is 12.1. The zero-order valence-electron chi connectivity index (χ0n) is 11.6. The smallest absolute Gasteiger partial charge is 0.134 e. The first kappa shape index (κ1) is 14.5. The Morgan fingerprint density at radius 2 is 1.86 bits per heavy atom. The second kappa shape index (κ2) is 6.10. The molecule has 0 aliphatic rings. The van der Waals surface area contributed by atoms with Gasteiger partial charge in [0.2, 0.25) is 0 Å². The summed E-state index contributed by atoms with van der Waals surface area (Å²) in [5.41, 5.74) is 2.01. The fourth-order valence-corrected chi connectivity index (χ4v) is 2.84. The first-order valence-electron chi connectivity index (χ1n) is 6.76. The predicted molar refractivity (Wildman–Crippen MR) is 88.2 cm³/mol. The van der Waals surface area contributed by atoms with Crippen LogP contribution in [-0.4, -0.2) is 7.05 Å². The second-order valence-corrected chi connectivity index (χ2v) is 5.88. The molecule has 2 nitrogen and oxygen atoms in total. The minimum Gasteiger partial charge on any atom is -0.459 e. The van der Waals surface area contributed by atoms with Crippen LogP contribution >= 0.6 is 23.2 Å². The summed E-state index contributed by atoms with van der Waals surface area (Å²) in [4.78, 5) is 0. The van der Waals surface area contributed by atoms with E-state index in [2.05, 4.69) is 11.4 Å². The zero-order valence-corrected chi connectivity index (χ0v) is 13.1. The average molecular weight is 320 g/mol. The Labute approximate surface area is 133 Å². The molecular weight excluding hydrogens is 305 g/mol. The highest BCUT2D eigenvalue weighted by Crippen LogP contribution is 2.28. The summed E-state index contributed by atoms with van der Waals surface area (Å²) in [6.45, 7) is 0. The van der Waals surface area contributed by atoms with Crippen LogP contribution in [-0.2, 0) is 6.42 Å². The number of fused-ring (bicyclic) bond motifs is 1. The lowest BCUT2D eigenvalue weighted by Crippen LogP contribution is -2.18. The van der Waals surface area contributed by atoms with Gasteiger partial charge >= 0.3 is 0 Å². The van der Waals surface area contributed by atoms with Gasteiger partial charge in [0.15, 0.2) is 0 Å². The SMILES string of the molecule is CNC(Cc1cccc(Cl)c1)c1cc2cc(Cl)ccc2o1. The molecule has 0 amide bonds. The molecule has 1 aromatic heterocycles. The Balaban J connectivity index is 1.90. The summed E-state index contributed by atoms with van der Waals surface area (Å²) in [5, 5.41) is 5.77. The molecule has 108 valence electrons. The molecule has 1 unspecified atom stereocenters. The molecule has 1 atom stereocenters. The van der Waals surface area contributed by atoms with E-state index in [0.717, 1.165) is 28.2 Å². The lowest BCUT2D eigenvalue weighted by atomic mass is 10.0. The van der Waals surface area contributed by atoms with Crippen LogP contribution in [0.15, 0.2) is 52.9 Å². The molecule has 3 rings (SSSR count). The molecule has 0 radical (unpaired) electrons. The van der Waals surface area contributed by atoms with E-state index in [-0.39, 0.29) is 6.04 Å². The number of furan rings is 1. The van der Waals surface area contributed by atoms with Crippen molar-refractivity contribution in [2.24, 2.45) is 0 Å². The molecule has 1 N–H and O–H groups in total. The second-order valence-electron chi connectivity index (χ2n) is 5.01. The molecule has 0 saturated heterocycles. The topological polar surface area (TPSA) is 25.2 Å². The highest BCUT2D eigenvalue weighted by atomic mass is 35.5. The number of likely N-dealkylation sites (N-methyl/N-ethyl adjacent to an activating group) is 1. The largest absolute Gasteiger partial charge is 0.459 e. The highest BCUT2D eigenvalue weighted by molar-refractivity contribution is 6.31. The molecule has 1 heterocycles. The van der Waals surface area contributed by atoms with E-state index in [4.69, 9.17) is 27.6 Å². The molecule has 0 spiro atoms. The minimum atomic E-state index is 0.0923. The number of hydrogen-bond acceptors (Lipinski definition) is 2. The molecular formula is C17H15Cl2NO. The summed E-state index contributed by atoms with van der Waals surface area (Å²) in [6.07, 6.45) is 0.810. The van der Waals surface area contributed by atoms with Crippen LogP contribution in [0.3, 0.4) is 0 Å². The van der Waals surface area contributed by atoms with Crippen LogP contribution in [0.25, 0.3) is 11.0 Å². The van der Waals surface area contributed by atoms with Crippen LogP contribution in [0.2, 0.25) is 10.0 Å². The highest BCUT2D eigenvalue weighted by Gasteiger charge is 2.15. The fourth-order valence-electron chi connectivity index (χ4n) is 2.45. The van der Waals surface area contributed by atoms with Gasteiger partial charge in [0.05, 0.1) is 6.04 Å². The lowest BCUT2D eigenvalue weighted by Gasteiger charge is -2.13. The lowest BCUT2D eigenvalue weighted by molar-refractivity contribution is 0.451. The van der Waals surface area contributed by atoms with Gasteiger partial charge in [-0.25, -0.2) is 0 Å². The van der Waals surface area contributed by atoms with Crippen LogP contribution in [0.1, 0.15) is 17.4 Å². The third-order valence-corrected chi connectivity index (χ3v) is 3.99. The van der Waals surface area contributed by atoms with Crippen molar-refractivity contribution in [3.05, 3.63) is 69.9 Å². The standard InChI is InChI=1S/C17H15Cl2NO/c1-20-15(8-11-3-2-4-13(18)7-11)17-10-12-9-14(19)5-6-16(12)21-17/h2-7,9-10,15,20H,8H2,1H3. The van der Waals surface area contributed by atoms with Crippen LogP contribution < -0.4 is 5.32 Å². The molecule has 0 aliphatic heterocycles. The van der Waals surface area contributed by atoms with Crippen molar-refractivity contribution < 1.29 is 4.42 Å². The summed E-state index contributed by atoms with van der Waals surface area (Å²) in [7, 11) is 1.93. The number of nitrogens with one attached hydrogen (secondary N) is 1. The number of rotatable bonds is 4. The van der Waals surface area contributed by atoms with E-state index in [1.807, 2.05) is 49.5 Å². The maximum atomic E-state index is 6.04. The fraction of sp³-hybridized carbons (Fsp3) is 0.176. The van der Waals surface area contributed by atoms with E-state index in [0.29, 0.717) is 5.02 Å². The quantitative estimate of drug-likeness (QED) is 0.711. The van der Waals surface area contributed by atoms with Crippen molar-refractivity contribution in [2.45, 2.75) is 12.5 Å². The Morgan fingerprint density at radius 3 is 2.62 bits per heavy atom. The maximum absolute atomic E-state index is 6.04. The predicted octanol–water partition coefficient (Wildman–Crippen LogP) is 5.24. The van der Waals surface area contributed by atoms with Gasteiger partial charge in [0.1, 0.15) is 11.3 Å². The van der Waals surface area contributed by atoms with Gasteiger partial charge in [0, 0.05) is 15.4 Å². The third kappa shape index (κ3) is 3.24. The van der Waals surface area contributed by atoms with Gasteiger partial charge in [-0.2, -0.15) is 0 Å². The molecule has 21 heavy (non-hydrogen) atoms. The van der Waals surface area contributed by atoms with Gasteiger partial charge in [-0.1, -0.05) is 35.3 Å². The van der Waals surface area contributed by atoms with Crippen molar-refractivity contribution in [2.75, 3.05) is 7.05 Å². The molecule has 0 bridgehead atoms. The van der Waals surface area contributed by atoms with Crippen LogP contribution in [0.5, 0.6) is 0 Å². The van der Waals surface area contributed by atoms with E-state index >= 15 is 0 Å². The molecule has 2 aromatic carbocycles. The maximum Gasteiger partial charge on any atom is 0.134 e.